The number of ether oxygens (including phenoxy) is 1. The van der Waals surface area contributed by atoms with Gasteiger partial charge in [0.25, 0.3) is 0 Å². The summed E-state index contributed by atoms with van der Waals surface area (Å²) in [6.07, 6.45) is -0.899. The highest BCUT2D eigenvalue weighted by Crippen LogP contribution is 2.13. The molecular weight excluding hydrogens is 240 g/mol. The maximum Gasteiger partial charge on any atom is 0.410 e. The zero-order valence-corrected chi connectivity index (χ0v) is 11.1. The molecule has 3 N–H and O–H groups in total. The van der Waals surface area contributed by atoms with E-state index < -0.39 is 29.6 Å². The Morgan fingerprint density at radius 1 is 1.33 bits per heavy atom. The van der Waals surface area contributed by atoms with Crippen LogP contribution in [0.5, 0.6) is 0 Å². The first-order valence-corrected chi connectivity index (χ1v) is 5.51. The molecular formula is C11H20N2O5. The van der Waals surface area contributed by atoms with E-state index in [4.69, 9.17) is 15.6 Å². The van der Waals surface area contributed by atoms with E-state index in [0.29, 0.717) is 0 Å². The van der Waals surface area contributed by atoms with Crippen LogP contribution in [0.4, 0.5) is 4.79 Å². The van der Waals surface area contributed by atoms with Crippen LogP contribution in [0.2, 0.25) is 0 Å². The van der Waals surface area contributed by atoms with Gasteiger partial charge in [-0.3, -0.25) is 9.69 Å². The molecule has 0 saturated carbocycles. The number of carbonyl (C=O) groups is 3. The van der Waals surface area contributed by atoms with E-state index >= 15 is 0 Å². The molecule has 7 heteroatoms. The summed E-state index contributed by atoms with van der Waals surface area (Å²) in [7, 11) is 1.31. The van der Waals surface area contributed by atoms with Gasteiger partial charge >= 0.3 is 12.1 Å². The fourth-order valence-corrected chi connectivity index (χ4v) is 1.22. The summed E-state index contributed by atoms with van der Waals surface area (Å²) in [4.78, 5) is 34.3. The van der Waals surface area contributed by atoms with Crippen LogP contribution >= 0.6 is 0 Å². The molecule has 0 rings (SSSR count). The minimum absolute atomic E-state index is 0.0413. The Bertz CT molecular complexity index is 335. The second-order valence-corrected chi connectivity index (χ2v) is 4.95. The van der Waals surface area contributed by atoms with Crippen molar-refractivity contribution in [2.75, 3.05) is 7.05 Å². The maximum absolute atomic E-state index is 11.7. The van der Waals surface area contributed by atoms with E-state index in [1.54, 1.807) is 20.8 Å². The lowest BCUT2D eigenvalue weighted by Gasteiger charge is -2.28. The number of primary amides is 1. The van der Waals surface area contributed by atoms with Crippen molar-refractivity contribution in [2.24, 2.45) is 5.73 Å². The summed E-state index contributed by atoms with van der Waals surface area (Å²) in [5.74, 6) is -1.82. The van der Waals surface area contributed by atoms with Crippen LogP contribution in [-0.4, -0.2) is 46.7 Å². The van der Waals surface area contributed by atoms with Gasteiger partial charge in [0.05, 0.1) is 0 Å². The van der Waals surface area contributed by atoms with Crippen LogP contribution in [-0.2, 0) is 14.3 Å². The highest BCUT2D eigenvalue weighted by molar-refractivity contribution is 5.81. The summed E-state index contributed by atoms with van der Waals surface area (Å²) >= 11 is 0. The molecule has 0 aliphatic heterocycles. The van der Waals surface area contributed by atoms with Gasteiger partial charge in [0.2, 0.25) is 5.91 Å². The molecule has 1 atom stereocenters. The third-order valence-electron chi connectivity index (χ3n) is 2.10. The SMILES string of the molecule is CN(C(=O)OC(C)(C)C)[C@@H](CCC(N)=O)C(=O)O. The number of carboxylic acids is 1. The molecule has 0 aliphatic carbocycles. The number of likely N-dealkylation sites (N-methyl/N-ethyl adjacent to an activating group) is 1. The number of hydrogen-bond acceptors (Lipinski definition) is 4. The summed E-state index contributed by atoms with van der Waals surface area (Å²) in [5, 5.41) is 9.00. The Balaban J connectivity index is 4.65. The van der Waals surface area contributed by atoms with Gasteiger partial charge in [0.1, 0.15) is 11.6 Å². The second-order valence-electron chi connectivity index (χ2n) is 4.95. The van der Waals surface area contributed by atoms with Crippen LogP contribution < -0.4 is 5.73 Å². The van der Waals surface area contributed by atoms with Crippen molar-refractivity contribution in [3.8, 4) is 0 Å². The summed E-state index contributed by atoms with van der Waals surface area (Å²) in [6, 6.07) is -1.13. The summed E-state index contributed by atoms with van der Waals surface area (Å²) in [6.45, 7) is 5.04. The molecule has 0 saturated heterocycles. The summed E-state index contributed by atoms with van der Waals surface area (Å²) < 4.78 is 5.04. The molecule has 18 heavy (non-hydrogen) atoms. The van der Waals surface area contributed by atoms with Crippen LogP contribution in [0.15, 0.2) is 0 Å². The van der Waals surface area contributed by atoms with Gasteiger partial charge in [-0.2, -0.15) is 0 Å². The van der Waals surface area contributed by atoms with Gasteiger partial charge in [-0.1, -0.05) is 0 Å². The number of hydrogen-bond donors (Lipinski definition) is 2. The number of amides is 2. The predicted molar refractivity (Wildman–Crippen MR) is 63.8 cm³/mol. The van der Waals surface area contributed by atoms with E-state index in [2.05, 4.69) is 0 Å². The van der Waals surface area contributed by atoms with Crippen molar-refractivity contribution >= 4 is 18.0 Å². The minimum atomic E-state index is -1.20. The van der Waals surface area contributed by atoms with Gasteiger partial charge in [-0.05, 0) is 27.2 Å². The molecule has 0 bridgehead atoms. The lowest BCUT2D eigenvalue weighted by atomic mass is 10.1. The number of rotatable bonds is 5. The molecule has 0 unspecified atom stereocenters. The lowest BCUT2D eigenvalue weighted by Crippen LogP contribution is -2.45. The Morgan fingerprint density at radius 3 is 2.17 bits per heavy atom. The number of carbonyl (C=O) groups excluding carboxylic acids is 2. The molecule has 0 aliphatic rings. The van der Waals surface area contributed by atoms with Crippen molar-refractivity contribution < 1.29 is 24.2 Å². The number of carboxylic acid groups (broad SMARTS) is 1. The van der Waals surface area contributed by atoms with Crippen molar-refractivity contribution in [2.45, 2.75) is 45.3 Å². The van der Waals surface area contributed by atoms with Gasteiger partial charge in [-0.25, -0.2) is 9.59 Å². The fourth-order valence-electron chi connectivity index (χ4n) is 1.22. The molecule has 2 amide bonds. The third-order valence-corrected chi connectivity index (χ3v) is 2.10. The quantitative estimate of drug-likeness (QED) is 0.751. The second kappa shape index (κ2) is 6.23. The molecule has 0 aromatic heterocycles. The first-order chi connectivity index (χ1) is 8.04. The van der Waals surface area contributed by atoms with Crippen molar-refractivity contribution in [3.63, 3.8) is 0 Å². The topological polar surface area (TPSA) is 110 Å². The van der Waals surface area contributed by atoms with E-state index in [1.807, 2.05) is 0 Å². The molecule has 0 spiro atoms. The molecule has 0 heterocycles. The highest BCUT2D eigenvalue weighted by atomic mass is 16.6. The van der Waals surface area contributed by atoms with E-state index in [-0.39, 0.29) is 12.8 Å². The Labute approximate surface area is 106 Å². The van der Waals surface area contributed by atoms with Crippen LogP contribution in [0.3, 0.4) is 0 Å². The zero-order chi connectivity index (χ0) is 14.5. The maximum atomic E-state index is 11.7. The Morgan fingerprint density at radius 2 is 1.83 bits per heavy atom. The van der Waals surface area contributed by atoms with Crippen molar-refractivity contribution in [1.29, 1.82) is 0 Å². The third kappa shape index (κ3) is 6.07. The van der Waals surface area contributed by atoms with Crippen LogP contribution in [0, 0.1) is 0 Å². The molecule has 0 aromatic carbocycles. The predicted octanol–water partition coefficient (Wildman–Crippen LogP) is 0.572. The first-order valence-electron chi connectivity index (χ1n) is 5.51. The first kappa shape index (κ1) is 16.2. The smallest absolute Gasteiger partial charge is 0.410 e. The zero-order valence-electron chi connectivity index (χ0n) is 11.1. The summed E-state index contributed by atoms with van der Waals surface area (Å²) in [5.41, 5.74) is 4.24. The van der Waals surface area contributed by atoms with Gasteiger partial charge in [0, 0.05) is 13.5 Å². The molecule has 0 radical (unpaired) electrons. The van der Waals surface area contributed by atoms with Gasteiger partial charge < -0.3 is 15.6 Å². The highest BCUT2D eigenvalue weighted by Gasteiger charge is 2.30. The fraction of sp³-hybridized carbons (Fsp3) is 0.727. The van der Waals surface area contributed by atoms with Crippen LogP contribution in [0.1, 0.15) is 33.6 Å². The van der Waals surface area contributed by atoms with Gasteiger partial charge in [0.15, 0.2) is 0 Å². The standard InChI is InChI=1S/C11H20N2O5/c1-11(2,3)18-10(17)13(4)7(9(15)16)5-6-8(12)14/h7H,5-6H2,1-4H3,(H2,12,14)(H,15,16)/t7-/m0/s1. The normalized spacial score (nSPS) is 12.7. The van der Waals surface area contributed by atoms with E-state index in [9.17, 15) is 14.4 Å². The number of nitrogens with two attached hydrogens (primary N) is 1. The molecule has 0 aromatic rings. The van der Waals surface area contributed by atoms with Gasteiger partial charge in [-0.15, -0.1) is 0 Å². The van der Waals surface area contributed by atoms with Crippen LogP contribution in [0.25, 0.3) is 0 Å². The Kier molecular flexibility index (Phi) is 5.61. The van der Waals surface area contributed by atoms with E-state index in [1.165, 1.54) is 7.05 Å². The monoisotopic (exact) mass is 260 g/mol. The molecule has 0 fully saturated rings. The van der Waals surface area contributed by atoms with Crippen molar-refractivity contribution in [1.82, 2.24) is 4.90 Å². The average Bonchev–Trinajstić information content (AvgIpc) is 2.13. The molecule has 7 nitrogen and oxygen atoms in total. The molecule has 104 valence electrons. The van der Waals surface area contributed by atoms with Crippen molar-refractivity contribution in [3.05, 3.63) is 0 Å². The average molecular weight is 260 g/mol. The number of nitrogens with zero attached hydrogens (tertiary/aromatic N) is 1. The van der Waals surface area contributed by atoms with E-state index in [0.717, 1.165) is 4.90 Å². The number of aliphatic carboxylic acids is 1. The lowest BCUT2D eigenvalue weighted by molar-refractivity contribution is -0.143. The minimum Gasteiger partial charge on any atom is -0.480 e. The largest absolute Gasteiger partial charge is 0.480 e. The Hall–Kier alpha value is -1.79.